The van der Waals surface area contributed by atoms with Crippen molar-refractivity contribution in [2.24, 2.45) is 5.41 Å². The number of aliphatic hydroxyl groups excluding tert-OH is 1. The molecule has 1 aromatic heterocycles. The van der Waals surface area contributed by atoms with Gasteiger partial charge in [0.15, 0.2) is 0 Å². The average molecular weight is 321 g/mol. The molecule has 6 heteroatoms. The van der Waals surface area contributed by atoms with E-state index in [-0.39, 0.29) is 23.8 Å². The number of carbonyl (C=O) groups is 1. The van der Waals surface area contributed by atoms with Gasteiger partial charge in [0.05, 0.1) is 6.10 Å². The minimum Gasteiger partial charge on any atom is -0.391 e. The predicted molar refractivity (Wildman–Crippen MR) is 88.8 cm³/mol. The van der Waals surface area contributed by atoms with E-state index in [0.717, 1.165) is 16.5 Å². The molecule has 1 heterocycles. The molecule has 2 amide bonds. The second-order valence-electron chi connectivity index (χ2n) is 6.77. The van der Waals surface area contributed by atoms with E-state index in [1.54, 1.807) is 6.07 Å². The van der Waals surface area contributed by atoms with Crippen LogP contribution >= 0.6 is 0 Å². The molecular formula is C17H24FN3O2. The molecule has 0 bridgehead atoms. The van der Waals surface area contributed by atoms with Crippen LogP contribution in [0.15, 0.2) is 24.4 Å². The maximum Gasteiger partial charge on any atom is 0.314 e. The van der Waals surface area contributed by atoms with Crippen molar-refractivity contribution in [1.82, 2.24) is 15.6 Å². The van der Waals surface area contributed by atoms with Gasteiger partial charge in [-0.1, -0.05) is 20.8 Å². The number of urea groups is 1. The Morgan fingerprint density at radius 3 is 2.78 bits per heavy atom. The molecule has 0 radical (unpaired) electrons. The Balaban J connectivity index is 1.80. The van der Waals surface area contributed by atoms with Gasteiger partial charge in [0, 0.05) is 30.2 Å². The van der Waals surface area contributed by atoms with Crippen LogP contribution in [0.2, 0.25) is 0 Å². The third kappa shape index (κ3) is 4.69. The Hall–Kier alpha value is -2.08. The van der Waals surface area contributed by atoms with Crippen LogP contribution in [0.4, 0.5) is 9.18 Å². The number of halogens is 1. The zero-order valence-electron chi connectivity index (χ0n) is 13.7. The maximum atomic E-state index is 13.3. The first-order valence-corrected chi connectivity index (χ1v) is 7.72. The smallest absolute Gasteiger partial charge is 0.314 e. The highest BCUT2D eigenvalue weighted by Gasteiger charge is 2.22. The van der Waals surface area contributed by atoms with Crippen LogP contribution in [0.3, 0.4) is 0 Å². The predicted octanol–water partition coefficient (Wildman–Crippen LogP) is 2.56. The van der Waals surface area contributed by atoms with Crippen LogP contribution in [0.5, 0.6) is 0 Å². The monoisotopic (exact) mass is 321 g/mol. The molecule has 1 aromatic carbocycles. The minimum absolute atomic E-state index is 0.202. The van der Waals surface area contributed by atoms with Crippen molar-refractivity contribution in [2.75, 3.05) is 13.1 Å². The average Bonchev–Trinajstić information content (AvgIpc) is 2.86. The number of H-pyrrole nitrogens is 1. The minimum atomic E-state index is -0.607. The van der Waals surface area contributed by atoms with Gasteiger partial charge in [-0.05, 0) is 35.6 Å². The lowest BCUT2D eigenvalue weighted by atomic mass is 9.89. The molecule has 2 aromatic rings. The van der Waals surface area contributed by atoms with E-state index in [9.17, 15) is 14.3 Å². The Bertz CT molecular complexity index is 676. The number of aromatic nitrogens is 1. The fourth-order valence-corrected chi connectivity index (χ4v) is 2.23. The largest absolute Gasteiger partial charge is 0.391 e. The van der Waals surface area contributed by atoms with Crippen LogP contribution < -0.4 is 10.6 Å². The van der Waals surface area contributed by atoms with Crippen LogP contribution in [-0.4, -0.2) is 35.3 Å². The number of fused-ring (bicyclic) bond motifs is 1. The van der Waals surface area contributed by atoms with Crippen molar-refractivity contribution in [3.63, 3.8) is 0 Å². The summed E-state index contributed by atoms with van der Waals surface area (Å²) in [4.78, 5) is 14.8. The number of benzene rings is 1. The molecule has 5 nitrogen and oxygen atoms in total. The number of amides is 2. The maximum absolute atomic E-state index is 13.3. The lowest BCUT2D eigenvalue weighted by molar-refractivity contribution is 0.0650. The summed E-state index contributed by atoms with van der Waals surface area (Å²) < 4.78 is 13.3. The standard InChI is InChI=1S/C17H24FN3O2/c1-17(2,3)15(22)10-21-16(23)19-7-6-11-9-20-14-5-4-12(18)8-13(11)14/h4-5,8-9,15,20,22H,6-7,10H2,1-3H3,(H2,19,21,23). The normalized spacial score (nSPS) is 13.1. The van der Waals surface area contributed by atoms with E-state index in [0.29, 0.717) is 13.0 Å². The fourth-order valence-electron chi connectivity index (χ4n) is 2.23. The Morgan fingerprint density at radius 2 is 2.09 bits per heavy atom. The first-order chi connectivity index (χ1) is 10.8. The Kier molecular flexibility index (Phi) is 5.26. The number of aliphatic hydroxyl groups is 1. The van der Waals surface area contributed by atoms with Gasteiger partial charge in [-0.3, -0.25) is 0 Å². The second kappa shape index (κ2) is 7.00. The second-order valence-corrected chi connectivity index (χ2v) is 6.77. The van der Waals surface area contributed by atoms with Crippen molar-refractivity contribution in [3.8, 4) is 0 Å². The summed E-state index contributed by atoms with van der Waals surface area (Å²) in [5.74, 6) is -0.278. The molecule has 0 aliphatic heterocycles. The topological polar surface area (TPSA) is 77.2 Å². The van der Waals surface area contributed by atoms with Crippen LogP contribution in [0, 0.1) is 11.2 Å². The highest BCUT2D eigenvalue weighted by Crippen LogP contribution is 2.19. The molecule has 0 saturated heterocycles. The van der Waals surface area contributed by atoms with Gasteiger partial charge in [0.25, 0.3) is 0 Å². The Labute approximate surface area is 135 Å². The van der Waals surface area contributed by atoms with Crippen LogP contribution in [0.25, 0.3) is 10.9 Å². The summed E-state index contributed by atoms with van der Waals surface area (Å²) >= 11 is 0. The number of hydrogen-bond donors (Lipinski definition) is 4. The first kappa shape index (κ1) is 17.3. The van der Waals surface area contributed by atoms with Gasteiger partial charge in [-0.2, -0.15) is 0 Å². The lowest BCUT2D eigenvalue weighted by Gasteiger charge is -2.25. The van der Waals surface area contributed by atoms with E-state index in [4.69, 9.17) is 0 Å². The molecule has 0 saturated carbocycles. The van der Waals surface area contributed by atoms with Crippen molar-refractivity contribution in [3.05, 3.63) is 35.8 Å². The molecule has 1 atom stereocenters. The summed E-state index contributed by atoms with van der Waals surface area (Å²) in [6.45, 7) is 6.36. The zero-order chi connectivity index (χ0) is 17.0. The molecule has 4 N–H and O–H groups in total. The highest BCUT2D eigenvalue weighted by atomic mass is 19.1. The number of nitrogens with one attached hydrogen (secondary N) is 3. The number of aromatic amines is 1. The summed E-state index contributed by atoms with van der Waals surface area (Å²) in [6, 6.07) is 4.28. The molecule has 2 rings (SSSR count). The highest BCUT2D eigenvalue weighted by molar-refractivity contribution is 5.83. The van der Waals surface area contributed by atoms with Crippen molar-refractivity contribution < 1.29 is 14.3 Å². The van der Waals surface area contributed by atoms with Gasteiger partial charge >= 0.3 is 6.03 Å². The van der Waals surface area contributed by atoms with Crippen molar-refractivity contribution in [2.45, 2.75) is 33.3 Å². The van der Waals surface area contributed by atoms with E-state index >= 15 is 0 Å². The van der Waals surface area contributed by atoms with Crippen molar-refractivity contribution in [1.29, 1.82) is 0 Å². The lowest BCUT2D eigenvalue weighted by Crippen LogP contribution is -2.44. The summed E-state index contributed by atoms with van der Waals surface area (Å²) in [5, 5.41) is 16.1. The van der Waals surface area contributed by atoms with Gasteiger partial charge in [0.1, 0.15) is 5.82 Å². The van der Waals surface area contributed by atoms with E-state index in [1.165, 1.54) is 12.1 Å². The third-order valence-electron chi connectivity index (χ3n) is 3.87. The Morgan fingerprint density at radius 1 is 1.35 bits per heavy atom. The van der Waals surface area contributed by atoms with E-state index < -0.39 is 6.10 Å². The molecule has 0 spiro atoms. The third-order valence-corrected chi connectivity index (χ3v) is 3.87. The molecule has 0 aliphatic rings. The molecule has 0 fully saturated rings. The summed E-state index contributed by atoms with van der Waals surface area (Å²) in [5.41, 5.74) is 1.55. The molecule has 0 aliphatic carbocycles. The fraction of sp³-hybridized carbons (Fsp3) is 0.471. The number of rotatable bonds is 5. The van der Waals surface area contributed by atoms with Gasteiger partial charge in [-0.15, -0.1) is 0 Å². The van der Waals surface area contributed by atoms with E-state index in [2.05, 4.69) is 15.6 Å². The molecular weight excluding hydrogens is 297 g/mol. The van der Waals surface area contributed by atoms with E-state index in [1.807, 2.05) is 27.0 Å². The van der Waals surface area contributed by atoms with Crippen LogP contribution in [-0.2, 0) is 6.42 Å². The SMILES string of the molecule is CC(C)(C)C(O)CNC(=O)NCCc1c[nH]c2ccc(F)cc12. The van der Waals surface area contributed by atoms with Gasteiger partial charge in [0.2, 0.25) is 0 Å². The van der Waals surface area contributed by atoms with Crippen LogP contribution in [0.1, 0.15) is 26.3 Å². The number of hydrogen-bond acceptors (Lipinski definition) is 2. The summed E-state index contributed by atoms with van der Waals surface area (Å²) in [7, 11) is 0. The quantitative estimate of drug-likeness (QED) is 0.683. The van der Waals surface area contributed by atoms with Gasteiger partial charge < -0.3 is 20.7 Å². The number of carbonyl (C=O) groups excluding carboxylic acids is 1. The van der Waals surface area contributed by atoms with Gasteiger partial charge in [-0.25, -0.2) is 9.18 Å². The van der Waals surface area contributed by atoms with Crippen molar-refractivity contribution >= 4 is 16.9 Å². The summed E-state index contributed by atoms with van der Waals surface area (Å²) in [6.07, 6.45) is 1.82. The molecule has 126 valence electrons. The first-order valence-electron chi connectivity index (χ1n) is 7.72. The molecule has 23 heavy (non-hydrogen) atoms. The zero-order valence-corrected chi connectivity index (χ0v) is 13.7. The molecule has 1 unspecified atom stereocenters.